The summed E-state index contributed by atoms with van der Waals surface area (Å²) >= 11 is 0. The van der Waals surface area contributed by atoms with E-state index in [1.807, 2.05) is 12.1 Å². The third-order valence-corrected chi connectivity index (χ3v) is 3.46. The SMILES string of the molecule is CCCCN1CCc2ccccc2C1NC(N)=O. The van der Waals surface area contributed by atoms with E-state index in [-0.39, 0.29) is 6.17 Å². The van der Waals surface area contributed by atoms with Crippen molar-refractivity contribution in [3.8, 4) is 0 Å². The van der Waals surface area contributed by atoms with Crippen molar-refractivity contribution in [3.63, 3.8) is 0 Å². The second-order valence-electron chi connectivity index (χ2n) is 4.75. The van der Waals surface area contributed by atoms with Crippen LogP contribution in [0.4, 0.5) is 4.79 Å². The number of carbonyl (C=O) groups is 1. The van der Waals surface area contributed by atoms with Gasteiger partial charge in [-0.05, 0) is 24.0 Å². The van der Waals surface area contributed by atoms with Crippen molar-refractivity contribution in [2.24, 2.45) is 5.73 Å². The lowest BCUT2D eigenvalue weighted by Gasteiger charge is -2.37. The molecule has 0 bridgehead atoms. The molecule has 1 unspecified atom stereocenters. The summed E-state index contributed by atoms with van der Waals surface area (Å²) in [5.41, 5.74) is 7.78. The molecule has 4 nitrogen and oxygen atoms in total. The number of rotatable bonds is 4. The number of amides is 2. The Bertz CT molecular complexity index is 419. The van der Waals surface area contributed by atoms with Crippen LogP contribution in [0.5, 0.6) is 0 Å². The molecule has 3 N–H and O–H groups in total. The third kappa shape index (κ3) is 2.82. The summed E-state index contributed by atoms with van der Waals surface area (Å²) in [6.07, 6.45) is 3.26. The molecule has 2 rings (SSSR count). The maximum Gasteiger partial charge on any atom is 0.313 e. The van der Waals surface area contributed by atoms with Gasteiger partial charge in [-0.2, -0.15) is 0 Å². The summed E-state index contributed by atoms with van der Waals surface area (Å²) in [6.45, 7) is 4.14. The highest BCUT2D eigenvalue weighted by Gasteiger charge is 2.27. The van der Waals surface area contributed by atoms with Gasteiger partial charge in [-0.3, -0.25) is 4.90 Å². The number of carbonyl (C=O) groups excluding carboxylic acids is 1. The van der Waals surface area contributed by atoms with Gasteiger partial charge in [0.2, 0.25) is 0 Å². The zero-order valence-corrected chi connectivity index (χ0v) is 10.9. The molecule has 1 atom stereocenters. The molecule has 18 heavy (non-hydrogen) atoms. The van der Waals surface area contributed by atoms with Crippen LogP contribution in [0.25, 0.3) is 0 Å². The molecule has 0 fully saturated rings. The van der Waals surface area contributed by atoms with Crippen molar-refractivity contribution in [3.05, 3.63) is 35.4 Å². The van der Waals surface area contributed by atoms with Crippen molar-refractivity contribution in [1.29, 1.82) is 0 Å². The Kier molecular flexibility index (Phi) is 4.20. The molecule has 0 saturated carbocycles. The fourth-order valence-corrected chi connectivity index (χ4v) is 2.52. The Balaban J connectivity index is 2.21. The maximum absolute atomic E-state index is 11.2. The van der Waals surface area contributed by atoms with E-state index in [1.165, 1.54) is 11.1 Å². The first-order valence-corrected chi connectivity index (χ1v) is 6.60. The molecule has 0 aromatic heterocycles. The Morgan fingerprint density at radius 1 is 1.50 bits per heavy atom. The number of unbranched alkanes of at least 4 members (excludes halogenated alkanes) is 1. The van der Waals surface area contributed by atoms with Gasteiger partial charge in [-0.25, -0.2) is 4.79 Å². The predicted molar refractivity (Wildman–Crippen MR) is 72.1 cm³/mol. The van der Waals surface area contributed by atoms with E-state index < -0.39 is 6.03 Å². The van der Waals surface area contributed by atoms with E-state index in [1.54, 1.807) is 0 Å². The maximum atomic E-state index is 11.2. The van der Waals surface area contributed by atoms with Gasteiger partial charge in [0.25, 0.3) is 0 Å². The molecule has 1 aromatic rings. The number of nitrogens with one attached hydrogen (secondary N) is 1. The van der Waals surface area contributed by atoms with Gasteiger partial charge in [0.15, 0.2) is 0 Å². The first-order chi connectivity index (χ1) is 8.72. The summed E-state index contributed by atoms with van der Waals surface area (Å²) in [5, 5.41) is 2.86. The smallest absolute Gasteiger partial charge is 0.313 e. The number of nitrogens with two attached hydrogens (primary N) is 1. The predicted octanol–water partition coefficient (Wildman–Crippen LogP) is 2.01. The number of benzene rings is 1. The highest BCUT2D eigenvalue weighted by molar-refractivity contribution is 5.72. The molecule has 1 aliphatic rings. The summed E-state index contributed by atoms with van der Waals surface area (Å²) in [7, 11) is 0. The molecule has 0 spiro atoms. The zero-order chi connectivity index (χ0) is 13.0. The summed E-state index contributed by atoms with van der Waals surface area (Å²) in [6, 6.07) is 7.80. The largest absolute Gasteiger partial charge is 0.352 e. The van der Waals surface area contributed by atoms with Gasteiger partial charge in [-0.15, -0.1) is 0 Å². The second kappa shape index (κ2) is 5.87. The van der Waals surface area contributed by atoms with Crippen LogP contribution in [0, 0.1) is 0 Å². The number of urea groups is 1. The van der Waals surface area contributed by atoms with E-state index >= 15 is 0 Å². The number of hydrogen-bond acceptors (Lipinski definition) is 2. The third-order valence-electron chi connectivity index (χ3n) is 3.46. The first kappa shape index (κ1) is 12.9. The lowest BCUT2D eigenvalue weighted by Crippen LogP contribution is -2.47. The highest BCUT2D eigenvalue weighted by Crippen LogP contribution is 2.27. The first-order valence-electron chi connectivity index (χ1n) is 6.60. The summed E-state index contributed by atoms with van der Waals surface area (Å²) < 4.78 is 0. The summed E-state index contributed by atoms with van der Waals surface area (Å²) in [5.74, 6) is 0. The normalized spacial score (nSPS) is 19.3. The molecular formula is C14H21N3O. The Hall–Kier alpha value is -1.55. The van der Waals surface area contributed by atoms with Crippen LogP contribution in [-0.2, 0) is 6.42 Å². The number of hydrogen-bond donors (Lipinski definition) is 2. The minimum Gasteiger partial charge on any atom is -0.352 e. The van der Waals surface area contributed by atoms with E-state index in [4.69, 9.17) is 5.73 Å². The second-order valence-corrected chi connectivity index (χ2v) is 4.75. The quantitative estimate of drug-likeness (QED) is 0.855. The molecule has 1 aromatic carbocycles. The van der Waals surface area contributed by atoms with Crippen LogP contribution in [-0.4, -0.2) is 24.0 Å². The van der Waals surface area contributed by atoms with E-state index in [2.05, 4.69) is 29.3 Å². The molecule has 1 aliphatic heterocycles. The Morgan fingerprint density at radius 2 is 2.28 bits per heavy atom. The fraction of sp³-hybridized carbons (Fsp3) is 0.500. The van der Waals surface area contributed by atoms with Crippen molar-refractivity contribution in [2.45, 2.75) is 32.4 Å². The van der Waals surface area contributed by atoms with Crippen LogP contribution in [0.2, 0.25) is 0 Å². The van der Waals surface area contributed by atoms with Crippen LogP contribution >= 0.6 is 0 Å². The topological polar surface area (TPSA) is 58.4 Å². The molecule has 2 amide bonds. The number of fused-ring (bicyclic) bond motifs is 1. The average Bonchev–Trinajstić information content (AvgIpc) is 2.37. The highest BCUT2D eigenvalue weighted by atomic mass is 16.2. The Labute approximate surface area is 108 Å². The molecular weight excluding hydrogens is 226 g/mol. The lowest BCUT2D eigenvalue weighted by atomic mass is 9.96. The Morgan fingerprint density at radius 3 is 3.00 bits per heavy atom. The van der Waals surface area contributed by atoms with E-state index in [0.717, 1.165) is 32.4 Å². The zero-order valence-electron chi connectivity index (χ0n) is 10.9. The van der Waals surface area contributed by atoms with Crippen LogP contribution in [0.15, 0.2) is 24.3 Å². The van der Waals surface area contributed by atoms with Gasteiger partial charge in [0.1, 0.15) is 6.17 Å². The van der Waals surface area contributed by atoms with E-state index in [9.17, 15) is 4.79 Å². The van der Waals surface area contributed by atoms with Crippen molar-refractivity contribution >= 4 is 6.03 Å². The van der Waals surface area contributed by atoms with Gasteiger partial charge in [0, 0.05) is 13.1 Å². The number of nitrogens with zero attached hydrogens (tertiary/aromatic N) is 1. The van der Waals surface area contributed by atoms with Crippen molar-refractivity contribution < 1.29 is 4.79 Å². The summed E-state index contributed by atoms with van der Waals surface area (Å²) in [4.78, 5) is 13.5. The minimum absolute atomic E-state index is 0.0704. The van der Waals surface area contributed by atoms with Gasteiger partial charge < -0.3 is 11.1 Å². The van der Waals surface area contributed by atoms with Crippen LogP contribution < -0.4 is 11.1 Å². The molecule has 0 saturated heterocycles. The van der Waals surface area contributed by atoms with E-state index in [0.29, 0.717) is 0 Å². The average molecular weight is 247 g/mol. The van der Waals surface area contributed by atoms with Crippen LogP contribution in [0.3, 0.4) is 0 Å². The van der Waals surface area contributed by atoms with Gasteiger partial charge in [0.05, 0.1) is 0 Å². The van der Waals surface area contributed by atoms with Gasteiger partial charge in [-0.1, -0.05) is 37.6 Å². The number of primary amides is 1. The standard InChI is InChI=1S/C14H21N3O/c1-2-3-9-17-10-8-11-6-4-5-7-12(11)13(17)16-14(15)18/h4-7,13H,2-3,8-10H2,1H3,(H3,15,16,18). The fourth-order valence-electron chi connectivity index (χ4n) is 2.52. The molecule has 1 heterocycles. The van der Waals surface area contributed by atoms with Crippen molar-refractivity contribution in [1.82, 2.24) is 10.2 Å². The monoisotopic (exact) mass is 247 g/mol. The molecule has 98 valence electrons. The van der Waals surface area contributed by atoms with Crippen molar-refractivity contribution in [2.75, 3.05) is 13.1 Å². The lowest BCUT2D eigenvalue weighted by molar-refractivity contribution is 0.155. The molecule has 0 aliphatic carbocycles. The minimum atomic E-state index is -0.460. The van der Waals surface area contributed by atoms with Crippen LogP contribution in [0.1, 0.15) is 37.1 Å². The van der Waals surface area contributed by atoms with Gasteiger partial charge >= 0.3 is 6.03 Å². The molecule has 0 radical (unpaired) electrons. The molecule has 4 heteroatoms.